The molecule has 0 aliphatic carbocycles. The fourth-order valence-electron chi connectivity index (χ4n) is 1.87. The largest absolute Gasteiger partial charge is 0.398 e. The number of hydrogen-bond acceptors (Lipinski definition) is 5. The average Bonchev–Trinajstić information content (AvgIpc) is 2.88. The molecule has 0 spiro atoms. The zero-order chi connectivity index (χ0) is 15.6. The molecule has 0 fully saturated rings. The van der Waals surface area contributed by atoms with Gasteiger partial charge in [-0.25, -0.2) is 13.1 Å². The third-order valence-corrected chi connectivity index (χ3v) is 4.86. The normalized spacial score (nSPS) is 11.8. The number of nitrogens with one attached hydrogen (secondary N) is 1. The Morgan fingerprint density at radius 3 is 2.81 bits per heavy atom. The Hall–Kier alpha value is -1.64. The van der Waals surface area contributed by atoms with E-state index in [0.29, 0.717) is 23.6 Å². The molecule has 0 atom stereocenters. The molecule has 0 saturated heterocycles. The molecule has 1 aromatic carbocycles. The van der Waals surface area contributed by atoms with Crippen LogP contribution in [-0.4, -0.2) is 23.2 Å². The minimum Gasteiger partial charge on any atom is -0.398 e. The van der Waals surface area contributed by atoms with Gasteiger partial charge in [0.05, 0.1) is 11.4 Å². The molecule has 2 rings (SSSR count). The van der Waals surface area contributed by atoms with Gasteiger partial charge in [-0.2, -0.15) is 0 Å². The molecular weight excluding hydrogens is 314 g/mol. The van der Waals surface area contributed by atoms with Gasteiger partial charge in [-0.3, -0.25) is 0 Å². The highest BCUT2D eigenvalue weighted by atomic mass is 35.5. The highest BCUT2D eigenvalue weighted by Gasteiger charge is 2.19. The minimum atomic E-state index is -3.73. The summed E-state index contributed by atoms with van der Waals surface area (Å²) in [6.07, 6.45) is 1.55. The first-order valence-corrected chi connectivity index (χ1v) is 8.13. The lowest BCUT2D eigenvalue weighted by molar-refractivity contribution is 0.574. The van der Waals surface area contributed by atoms with Crippen molar-refractivity contribution >= 4 is 27.3 Å². The molecule has 0 saturated carbocycles. The van der Waals surface area contributed by atoms with Crippen molar-refractivity contribution in [3.63, 3.8) is 0 Å². The first-order valence-electron chi connectivity index (χ1n) is 6.27. The SMILES string of the molecule is CCn1cnnc1CNS(=O)(=O)c1cc(Cl)cc(N)c1C. The van der Waals surface area contributed by atoms with E-state index in [1.807, 2.05) is 6.92 Å². The number of nitrogen functional groups attached to an aromatic ring is 1. The van der Waals surface area contributed by atoms with Crippen molar-refractivity contribution in [3.8, 4) is 0 Å². The van der Waals surface area contributed by atoms with Crippen molar-refractivity contribution < 1.29 is 8.42 Å². The molecule has 0 amide bonds. The fourth-order valence-corrected chi connectivity index (χ4v) is 3.44. The molecule has 21 heavy (non-hydrogen) atoms. The van der Waals surface area contributed by atoms with Crippen LogP contribution in [0.5, 0.6) is 0 Å². The molecular formula is C12H16ClN5O2S. The van der Waals surface area contributed by atoms with Crippen molar-refractivity contribution in [1.29, 1.82) is 0 Å². The molecule has 0 aliphatic rings. The van der Waals surface area contributed by atoms with E-state index in [4.69, 9.17) is 17.3 Å². The number of nitrogens with zero attached hydrogens (tertiary/aromatic N) is 3. The lowest BCUT2D eigenvalue weighted by atomic mass is 10.2. The maximum absolute atomic E-state index is 12.4. The van der Waals surface area contributed by atoms with E-state index in [1.54, 1.807) is 17.8 Å². The predicted molar refractivity (Wildman–Crippen MR) is 80.3 cm³/mol. The second-order valence-electron chi connectivity index (χ2n) is 4.48. The molecule has 3 N–H and O–H groups in total. The topological polar surface area (TPSA) is 103 Å². The minimum absolute atomic E-state index is 0.0437. The Kier molecular flexibility index (Phi) is 4.50. The summed E-state index contributed by atoms with van der Waals surface area (Å²) in [5.41, 5.74) is 6.55. The van der Waals surface area contributed by atoms with E-state index in [9.17, 15) is 8.42 Å². The van der Waals surface area contributed by atoms with Crippen molar-refractivity contribution in [2.24, 2.45) is 0 Å². The highest BCUT2D eigenvalue weighted by Crippen LogP contribution is 2.25. The number of hydrogen-bond donors (Lipinski definition) is 2. The van der Waals surface area contributed by atoms with Gasteiger partial charge >= 0.3 is 0 Å². The van der Waals surface area contributed by atoms with Crippen molar-refractivity contribution in [2.45, 2.75) is 31.8 Å². The van der Waals surface area contributed by atoms with Crippen LogP contribution in [0.25, 0.3) is 0 Å². The lowest BCUT2D eigenvalue weighted by Crippen LogP contribution is -2.26. The van der Waals surface area contributed by atoms with Crippen LogP contribution in [0, 0.1) is 6.92 Å². The third kappa shape index (κ3) is 3.34. The monoisotopic (exact) mass is 329 g/mol. The van der Waals surface area contributed by atoms with Gasteiger partial charge in [0.1, 0.15) is 12.2 Å². The Morgan fingerprint density at radius 1 is 1.43 bits per heavy atom. The van der Waals surface area contributed by atoms with Crippen LogP contribution in [0.15, 0.2) is 23.4 Å². The van der Waals surface area contributed by atoms with E-state index in [0.717, 1.165) is 0 Å². The standard InChI is InChI=1S/C12H16ClN5O2S/c1-3-18-7-15-17-12(18)6-16-21(19,20)11-5-9(13)4-10(14)8(11)2/h4-5,7,16H,3,6,14H2,1-2H3. The zero-order valence-corrected chi connectivity index (χ0v) is 13.2. The second kappa shape index (κ2) is 6.00. The van der Waals surface area contributed by atoms with E-state index >= 15 is 0 Å². The van der Waals surface area contributed by atoms with Gasteiger partial charge in [0.15, 0.2) is 0 Å². The predicted octanol–water partition coefficient (Wildman–Crippen LogP) is 1.32. The number of aromatic nitrogens is 3. The number of halogens is 1. The number of nitrogens with two attached hydrogens (primary N) is 1. The first-order chi connectivity index (χ1) is 9.85. The maximum atomic E-state index is 12.4. The van der Waals surface area contributed by atoms with Gasteiger partial charge < -0.3 is 10.3 Å². The van der Waals surface area contributed by atoms with E-state index < -0.39 is 10.0 Å². The van der Waals surface area contributed by atoms with Crippen LogP contribution in [0.3, 0.4) is 0 Å². The molecule has 0 aliphatic heterocycles. The van der Waals surface area contributed by atoms with Crippen LogP contribution in [0.1, 0.15) is 18.3 Å². The smallest absolute Gasteiger partial charge is 0.241 e. The molecule has 9 heteroatoms. The molecule has 0 radical (unpaired) electrons. The molecule has 0 bridgehead atoms. The van der Waals surface area contributed by atoms with Crippen molar-refractivity contribution in [3.05, 3.63) is 34.9 Å². The number of benzene rings is 1. The quantitative estimate of drug-likeness (QED) is 0.805. The first kappa shape index (κ1) is 15.7. The van der Waals surface area contributed by atoms with Gasteiger partial charge in [-0.1, -0.05) is 11.6 Å². The molecule has 1 heterocycles. The number of anilines is 1. The van der Waals surface area contributed by atoms with Crippen LogP contribution < -0.4 is 10.5 Å². The number of aryl methyl sites for hydroxylation is 1. The van der Waals surface area contributed by atoms with Crippen LogP contribution in [0.2, 0.25) is 5.02 Å². The molecule has 1 aromatic heterocycles. The zero-order valence-electron chi connectivity index (χ0n) is 11.7. The van der Waals surface area contributed by atoms with Gasteiger partial charge in [0, 0.05) is 17.3 Å². The number of sulfonamides is 1. The maximum Gasteiger partial charge on any atom is 0.241 e. The van der Waals surface area contributed by atoms with E-state index in [-0.39, 0.29) is 16.5 Å². The van der Waals surface area contributed by atoms with E-state index in [2.05, 4.69) is 14.9 Å². The second-order valence-corrected chi connectivity index (χ2v) is 6.65. The summed E-state index contributed by atoms with van der Waals surface area (Å²) in [6, 6.07) is 2.89. The Morgan fingerprint density at radius 2 is 2.14 bits per heavy atom. The van der Waals surface area contributed by atoms with Crippen molar-refractivity contribution in [2.75, 3.05) is 5.73 Å². The molecule has 0 unspecified atom stereocenters. The van der Waals surface area contributed by atoms with Crippen LogP contribution in [0.4, 0.5) is 5.69 Å². The molecule has 2 aromatic rings. The summed E-state index contributed by atoms with van der Waals surface area (Å²) >= 11 is 5.88. The summed E-state index contributed by atoms with van der Waals surface area (Å²) in [4.78, 5) is 0.0649. The Labute approximate surface area is 128 Å². The highest BCUT2D eigenvalue weighted by molar-refractivity contribution is 7.89. The molecule has 114 valence electrons. The van der Waals surface area contributed by atoms with Gasteiger partial charge in [0.25, 0.3) is 0 Å². The van der Waals surface area contributed by atoms with Gasteiger partial charge in [-0.15, -0.1) is 10.2 Å². The van der Waals surface area contributed by atoms with Crippen LogP contribution in [-0.2, 0) is 23.1 Å². The van der Waals surface area contributed by atoms with Gasteiger partial charge in [0.2, 0.25) is 10.0 Å². The van der Waals surface area contributed by atoms with Crippen LogP contribution >= 0.6 is 11.6 Å². The summed E-state index contributed by atoms with van der Waals surface area (Å²) < 4.78 is 29.0. The fraction of sp³-hybridized carbons (Fsp3) is 0.333. The van der Waals surface area contributed by atoms with Gasteiger partial charge in [-0.05, 0) is 31.5 Å². The Balaban J connectivity index is 2.27. The molecule has 7 nitrogen and oxygen atoms in total. The summed E-state index contributed by atoms with van der Waals surface area (Å²) in [7, 11) is -3.73. The Bertz CT molecular complexity index is 757. The summed E-state index contributed by atoms with van der Waals surface area (Å²) in [5, 5.41) is 7.90. The lowest BCUT2D eigenvalue weighted by Gasteiger charge is -2.11. The van der Waals surface area contributed by atoms with E-state index in [1.165, 1.54) is 12.1 Å². The summed E-state index contributed by atoms with van der Waals surface area (Å²) in [5.74, 6) is 0.536. The number of rotatable bonds is 5. The third-order valence-electron chi connectivity index (χ3n) is 3.11. The average molecular weight is 330 g/mol. The summed E-state index contributed by atoms with van der Waals surface area (Å²) in [6.45, 7) is 4.26. The van der Waals surface area contributed by atoms with Crippen molar-refractivity contribution in [1.82, 2.24) is 19.5 Å².